The number of aromatic nitrogens is 2. The highest BCUT2D eigenvalue weighted by Crippen LogP contribution is 2.26. The Morgan fingerprint density at radius 1 is 1.54 bits per heavy atom. The number of carbonyl (C=O) groups is 1. The molecule has 8 nitrogen and oxygen atoms in total. The van der Waals surface area contributed by atoms with E-state index in [1.807, 2.05) is 17.8 Å². The highest BCUT2D eigenvalue weighted by atomic mass is 32.2. The second-order valence-corrected chi connectivity index (χ2v) is 7.42. The second kappa shape index (κ2) is 7.80. The first kappa shape index (κ1) is 18.5. The van der Waals surface area contributed by atoms with E-state index in [-0.39, 0.29) is 19.2 Å². The van der Waals surface area contributed by atoms with E-state index in [0.717, 1.165) is 12.1 Å². The molecule has 0 bridgehead atoms. The van der Waals surface area contributed by atoms with E-state index >= 15 is 0 Å². The molecule has 1 aliphatic rings. The van der Waals surface area contributed by atoms with Crippen LogP contribution in [-0.2, 0) is 32.5 Å². The molecule has 0 aliphatic carbocycles. The number of imidazole rings is 1. The maximum absolute atomic E-state index is 12.2. The van der Waals surface area contributed by atoms with Gasteiger partial charge < -0.3 is 14.2 Å². The van der Waals surface area contributed by atoms with Crippen molar-refractivity contribution in [2.75, 3.05) is 19.4 Å². The van der Waals surface area contributed by atoms with Crippen LogP contribution >= 0.6 is 0 Å². The van der Waals surface area contributed by atoms with Crippen molar-refractivity contribution in [3.8, 4) is 0 Å². The van der Waals surface area contributed by atoms with Gasteiger partial charge in [0.1, 0.15) is 12.4 Å². The van der Waals surface area contributed by atoms with Crippen LogP contribution in [0.1, 0.15) is 18.7 Å². The summed E-state index contributed by atoms with van der Waals surface area (Å²) in [5, 5.41) is 0. The molecule has 0 N–H and O–H groups in total. The Kier molecular flexibility index (Phi) is 6.00. The summed E-state index contributed by atoms with van der Waals surface area (Å²) in [6.45, 7) is 3.81. The lowest BCUT2D eigenvalue weighted by atomic mass is 10.1. The summed E-state index contributed by atoms with van der Waals surface area (Å²) in [5.74, 6) is 0.905. The molecule has 1 saturated heterocycles. The second-order valence-electron chi connectivity index (χ2n) is 5.82. The zero-order valence-electron chi connectivity index (χ0n) is 13.9. The fraction of sp³-hybridized carbons (Fsp3) is 0.600. The largest absolute Gasteiger partial charge is 0.445 e. The Morgan fingerprint density at radius 2 is 2.29 bits per heavy atom. The summed E-state index contributed by atoms with van der Waals surface area (Å²) >= 11 is 0. The molecule has 134 valence electrons. The van der Waals surface area contributed by atoms with Crippen molar-refractivity contribution in [3.63, 3.8) is 0 Å². The molecule has 0 saturated carbocycles. The van der Waals surface area contributed by atoms with Crippen LogP contribution in [0.15, 0.2) is 25.0 Å². The number of hydrogen-bond donors (Lipinski definition) is 0. The van der Waals surface area contributed by atoms with Gasteiger partial charge in [-0.1, -0.05) is 12.7 Å². The molecule has 9 heteroatoms. The van der Waals surface area contributed by atoms with Crippen molar-refractivity contribution in [2.45, 2.75) is 31.4 Å². The van der Waals surface area contributed by atoms with E-state index in [4.69, 9.17) is 8.92 Å². The highest BCUT2D eigenvalue weighted by molar-refractivity contribution is 7.86. The van der Waals surface area contributed by atoms with Gasteiger partial charge in [0.05, 0.1) is 18.9 Å². The number of rotatable bonds is 7. The lowest BCUT2D eigenvalue weighted by molar-refractivity contribution is 0.103. The van der Waals surface area contributed by atoms with Crippen LogP contribution in [0.25, 0.3) is 0 Å². The first-order chi connectivity index (χ1) is 11.3. The van der Waals surface area contributed by atoms with Gasteiger partial charge in [-0.2, -0.15) is 8.42 Å². The quantitative estimate of drug-likeness (QED) is 0.536. The normalized spacial score (nSPS) is 21.0. The van der Waals surface area contributed by atoms with Crippen molar-refractivity contribution >= 4 is 16.2 Å². The van der Waals surface area contributed by atoms with E-state index in [1.54, 1.807) is 6.20 Å². The molecule has 24 heavy (non-hydrogen) atoms. The van der Waals surface area contributed by atoms with Gasteiger partial charge in [0.25, 0.3) is 10.1 Å². The van der Waals surface area contributed by atoms with Crippen LogP contribution < -0.4 is 0 Å². The van der Waals surface area contributed by atoms with Crippen LogP contribution in [-0.4, -0.2) is 60.5 Å². The molecular weight excluding hydrogens is 334 g/mol. The van der Waals surface area contributed by atoms with Crippen LogP contribution in [0.3, 0.4) is 0 Å². The molecular formula is C15H23N3O5S. The van der Waals surface area contributed by atoms with Gasteiger partial charge in [-0.05, 0) is 12.8 Å². The van der Waals surface area contributed by atoms with Crippen LogP contribution in [0.2, 0.25) is 0 Å². The van der Waals surface area contributed by atoms with Crippen LogP contribution in [0.5, 0.6) is 0 Å². The van der Waals surface area contributed by atoms with Gasteiger partial charge in [0, 0.05) is 31.9 Å². The van der Waals surface area contributed by atoms with Gasteiger partial charge in [-0.3, -0.25) is 4.18 Å². The van der Waals surface area contributed by atoms with Crippen molar-refractivity contribution in [1.82, 2.24) is 14.5 Å². The van der Waals surface area contributed by atoms with E-state index in [2.05, 4.69) is 11.6 Å². The Labute approximate surface area is 142 Å². The third kappa shape index (κ3) is 5.07. The fourth-order valence-electron chi connectivity index (χ4n) is 2.83. The van der Waals surface area contributed by atoms with E-state index < -0.39 is 22.3 Å². The lowest BCUT2D eigenvalue weighted by Crippen LogP contribution is -2.37. The summed E-state index contributed by atoms with van der Waals surface area (Å²) < 4.78 is 34.8. The molecule has 2 atom stereocenters. The minimum atomic E-state index is -3.57. The van der Waals surface area contributed by atoms with Gasteiger partial charge in [0.15, 0.2) is 0 Å². The summed E-state index contributed by atoms with van der Waals surface area (Å²) in [4.78, 5) is 18.0. The third-order valence-corrected chi connectivity index (χ3v) is 4.49. The molecule has 0 aromatic carbocycles. The minimum absolute atomic E-state index is 0.110. The molecule has 1 aliphatic heterocycles. The van der Waals surface area contributed by atoms with Crippen LogP contribution in [0, 0.1) is 0 Å². The first-order valence-electron chi connectivity index (χ1n) is 7.69. The molecule has 1 amide bonds. The molecule has 0 radical (unpaired) electrons. The third-order valence-electron chi connectivity index (χ3n) is 3.87. The number of amides is 1. The monoisotopic (exact) mass is 357 g/mol. The maximum Gasteiger partial charge on any atom is 0.410 e. The number of hydrogen-bond acceptors (Lipinski definition) is 6. The first-order valence-corrected chi connectivity index (χ1v) is 9.50. The summed E-state index contributed by atoms with van der Waals surface area (Å²) in [5.41, 5.74) is 0. The topological polar surface area (TPSA) is 90.7 Å². The molecule has 2 rings (SSSR count). The molecule has 0 spiro atoms. The van der Waals surface area contributed by atoms with Gasteiger partial charge in [-0.25, -0.2) is 9.78 Å². The Bertz CT molecular complexity index is 685. The standard InChI is InChI=1S/C15H23N3O5S/c1-4-9-22-15(19)18-11-13(23-24(3,20)21)10-12(18)5-6-14-16-7-8-17(14)2/h4,7-8,12-13H,1,5-6,9-11H2,2-3H3. The predicted octanol–water partition coefficient (Wildman–Crippen LogP) is 1.09. The van der Waals surface area contributed by atoms with Gasteiger partial charge >= 0.3 is 6.09 Å². The van der Waals surface area contributed by atoms with Crippen LogP contribution in [0.4, 0.5) is 4.79 Å². The van der Waals surface area contributed by atoms with E-state index in [0.29, 0.717) is 19.3 Å². The van der Waals surface area contributed by atoms with Gasteiger partial charge in [0.2, 0.25) is 0 Å². The van der Waals surface area contributed by atoms with Crippen molar-refractivity contribution in [2.24, 2.45) is 7.05 Å². The molecule has 2 heterocycles. The summed E-state index contributed by atoms with van der Waals surface area (Å²) in [6.07, 6.45) is 6.80. The van der Waals surface area contributed by atoms with E-state index in [9.17, 15) is 13.2 Å². The number of ether oxygens (including phenoxy) is 1. The zero-order valence-corrected chi connectivity index (χ0v) is 14.7. The van der Waals surface area contributed by atoms with E-state index in [1.165, 1.54) is 11.0 Å². The Hall–Kier alpha value is -1.87. The summed E-state index contributed by atoms with van der Waals surface area (Å²) in [6, 6.07) is -0.161. The van der Waals surface area contributed by atoms with Crippen molar-refractivity contribution < 1.29 is 22.1 Å². The summed E-state index contributed by atoms with van der Waals surface area (Å²) in [7, 11) is -1.67. The number of nitrogens with zero attached hydrogens (tertiary/aromatic N) is 3. The molecule has 1 aromatic heterocycles. The SMILES string of the molecule is C=CCOC(=O)N1CC(OS(C)(=O)=O)CC1CCc1nccn1C. The van der Waals surface area contributed by atoms with Gasteiger partial charge in [-0.15, -0.1) is 0 Å². The van der Waals surface area contributed by atoms with Crippen molar-refractivity contribution in [1.29, 1.82) is 0 Å². The average molecular weight is 357 g/mol. The highest BCUT2D eigenvalue weighted by Gasteiger charge is 2.38. The number of carbonyl (C=O) groups excluding carboxylic acids is 1. The Balaban J connectivity index is 2.03. The zero-order chi connectivity index (χ0) is 17.7. The maximum atomic E-state index is 12.2. The molecule has 1 aromatic rings. The smallest absolute Gasteiger partial charge is 0.410 e. The lowest BCUT2D eigenvalue weighted by Gasteiger charge is -2.23. The number of likely N-dealkylation sites (tertiary alicyclic amines) is 1. The van der Waals surface area contributed by atoms with Crippen molar-refractivity contribution in [3.05, 3.63) is 30.9 Å². The molecule has 2 unspecified atom stereocenters. The average Bonchev–Trinajstić information content (AvgIpc) is 3.07. The fourth-order valence-corrected chi connectivity index (χ4v) is 3.47. The minimum Gasteiger partial charge on any atom is -0.445 e. The Morgan fingerprint density at radius 3 is 2.88 bits per heavy atom. The predicted molar refractivity (Wildman–Crippen MR) is 87.9 cm³/mol. The molecule has 1 fully saturated rings. The number of aryl methyl sites for hydroxylation is 2.